The van der Waals surface area contributed by atoms with Crippen LogP contribution in [0, 0.1) is 0 Å². The first kappa shape index (κ1) is 22.6. The van der Waals surface area contributed by atoms with Gasteiger partial charge in [0.1, 0.15) is 6.54 Å². The number of carbonyl (C=O) groups is 4. The second-order valence-corrected chi connectivity index (χ2v) is 7.53. The van der Waals surface area contributed by atoms with Gasteiger partial charge in [-0.25, -0.2) is 9.69 Å². The predicted octanol–water partition coefficient (Wildman–Crippen LogP) is 1.88. The molecule has 1 saturated heterocycles. The lowest BCUT2D eigenvalue weighted by atomic mass is 10.1. The zero-order chi connectivity index (χ0) is 22.4. The monoisotopic (exact) mass is 431 g/mol. The van der Waals surface area contributed by atoms with Gasteiger partial charge in [-0.2, -0.15) is 0 Å². The lowest BCUT2D eigenvalue weighted by molar-refractivity contribution is -0.144. The summed E-state index contributed by atoms with van der Waals surface area (Å²) >= 11 is 0. The van der Waals surface area contributed by atoms with E-state index >= 15 is 0 Å². The molecule has 2 aliphatic rings. The molecule has 1 saturated carbocycles. The normalized spacial score (nSPS) is 16.9. The number of ether oxygens (including phenoxy) is 2. The second kappa shape index (κ2) is 10.3. The molecule has 31 heavy (non-hydrogen) atoms. The standard InChI is InChI=1S/C22H29N3O6/c1-3-30-17-10-9-15(13-18(17)31-4-2)11-12-23-19(26)14-24-20(27)21(28)25(22(24)29)16-7-5-6-8-16/h9-10,13,16H,3-8,11-12,14H2,1-2H3,(H,23,26). The van der Waals surface area contributed by atoms with Crippen LogP contribution in [0.1, 0.15) is 45.1 Å². The highest BCUT2D eigenvalue weighted by atomic mass is 16.5. The third-order valence-corrected chi connectivity index (χ3v) is 5.42. The van der Waals surface area contributed by atoms with Crippen molar-refractivity contribution in [1.29, 1.82) is 0 Å². The van der Waals surface area contributed by atoms with Crippen LogP contribution >= 0.6 is 0 Å². The van der Waals surface area contributed by atoms with Gasteiger partial charge in [0, 0.05) is 12.6 Å². The number of hydrogen-bond acceptors (Lipinski definition) is 6. The molecule has 5 amide bonds. The van der Waals surface area contributed by atoms with E-state index in [4.69, 9.17) is 9.47 Å². The van der Waals surface area contributed by atoms with E-state index in [1.807, 2.05) is 32.0 Å². The van der Waals surface area contributed by atoms with E-state index in [2.05, 4.69) is 5.32 Å². The first-order valence-electron chi connectivity index (χ1n) is 10.8. The molecule has 1 aliphatic heterocycles. The van der Waals surface area contributed by atoms with Crippen LogP contribution in [-0.4, -0.2) is 65.9 Å². The number of carbonyl (C=O) groups excluding carboxylic acids is 4. The van der Waals surface area contributed by atoms with Gasteiger partial charge >= 0.3 is 17.8 Å². The highest BCUT2D eigenvalue weighted by Gasteiger charge is 2.48. The van der Waals surface area contributed by atoms with Gasteiger partial charge in [0.2, 0.25) is 5.91 Å². The van der Waals surface area contributed by atoms with E-state index in [1.54, 1.807) is 0 Å². The maximum absolute atomic E-state index is 12.5. The molecule has 0 unspecified atom stereocenters. The average molecular weight is 431 g/mol. The van der Waals surface area contributed by atoms with Crippen LogP contribution in [0.5, 0.6) is 11.5 Å². The van der Waals surface area contributed by atoms with Crippen molar-refractivity contribution in [2.24, 2.45) is 0 Å². The molecule has 3 rings (SSSR count). The maximum Gasteiger partial charge on any atom is 0.334 e. The largest absolute Gasteiger partial charge is 0.490 e. The fourth-order valence-electron chi connectivity index (χ4n) is 3.94. The van der Waals surface area contributed by atoms with Gasteiger partial charge in [0.05, 0.1) is 13.2 Å². The third-order valence-electron chi connectivity index (χ3n) is 5.42. The van der Waals surface area contributed by atoms with E-state index in [-0.39, 0.29) is 6.04 Å². The highest BCUT2D eigenvalue weighted by molar-refractivity contribution is 6.45. The van der Waals surface area contributed by atoms with E-state index in [0.717, 1.165) is 28.2 Å². The summed E-state index contributed by atoms with van der Waals surface area (Å²) in [5, 5.41) is 2.70. The Balaban J connectivity index is 1.52. The molecule has 168 valence electrons. The molecule has 9 heteroatoms. The van der Waals surface area contributed by atoms with Crippen molar-refractivity contribution in [2.45, 2.75) is 52.0 Å². The minimum absolute atomic E-state index is 0.240. The van der Waals surface area contributed by atoms with Crippen LogP contribution in [0.15, 0.2) is 18.2 Å². The molecule has 1 N–H and O–H groups in total. The summed E-state index contributed by atoms with van der Waals surface area (Å²) in [5.74, 6) is -0.937. The summed E-state index contributed by atoms with van der Waals surface area (Å²) in [6.45, 7) is 4.69. The smallest absolute Gasteiger partial charge is 0.334 e. The van der Waals surface area contributed by atoms with Gasteiger partial charge in [0.25, 0.3) is 0 Å². The van der Waals surface area contributed by atoms with Gasteiger partial charge < -0.3 is 14.8 Å². The van der Waals surface area contributed by atoms with Crippen LogP contribution in [0.25, 0.3) is 0 Å². The lowest BCUT2D eigenvalue weighted by Crippen LogP contribution is -2.43. The Kier molecular flexibility index (Phi) is 7.49. The molecule has 0 radical (unpaired) electrons. The fraction of sp³-hybridized carbons (Fsp3) is 0.545. The first-order chi connectivity index (χ1) is 15.0. The number of rotatable bonds is 10. The number of imide groups is 2. The minimum Gasteiger partial charge on any atom is -0.490 e. The van der Waals surface area contributed by atoms with Crippen molar-refractivity contribution in [1.82, 2.24) is 15.1 Å². The molecule has 0 atom stereocenters. The molecule has 1 aliphatic carbocycles. The molecule has 1 aromatic carbocycles. The minimum atomic E-state index is -0.931. The molecule has 9 nitrogen and oxygen atoms in total. The van der Waals surface area contributed by atoms with E-state index in [9.17, 15) is 19.2 Å². The molecular formula is C22H29N3O6. The fourth-order valence-corrected chi connectivity index (χ4v) is 3.94. The Hall–Kier alpha value is -3.10. The van der Waals surface area contributed by atoms with Crippen molar-refractivity contribution in [3.8, 4) is 11.5 Å². The topological polar surface area (TPSA) is 105 Å². The van der Waals surface area contributed by atoms with Crippen LogP contribution < -0.4 is 14.8 Å². The number of amides is 5. The zero-order valence-electron chi connectivity index (χ0n) is 18.0. The maximum atomic E-state index is 12.5. The van der Waals surface area contributed by atoms with Crippen molar-refractivity contribution < 1.29 is 28.7 Å². The van der Waals surface area contributed by atoms with E-state index in [0.29, 0.717) is 50.5 Å². The zero-order valence-corrected chi connectivity index (χ0v) is 18.0. The summed E-state index contributed by atoms with van der Waals surface area (Å²) < 4.78 is 11.1. The highest BCUT2D eigenvalue weighted by Crippen LogP contribution is 2.29. The molecule has 0 bridgehead atoms. The molecule has 0 aromatic heterocycles. The van der Waals surface area contributed by atoms with Gasteiger partial charge in [-0.3, -0.25) is 19.3 Å². The molecule has 2 fully saturated rings. The van der Waals surface area contributed by atoms with Gasteiger partial charge in [0.15, 0.2) is 11.5 Å². The number of nitrogens with one attached hydrogen (secondary N) is 1. The second-order valence-electron chi connectivity index (χ2n) is 7.53. The van der Waals surface area contributed by atoms with Gasteiger partial charge in [-0.1, -0.05) is 18.9 Å². The molecular weight excluding hydrogens is 402 g/mol. The Morgan fingerprint density at radius 3 is 2.39 bits per heavy atom. The Morgan fingerprint density at radius 2 is 1.71 bits per heavy atom. The van der Waals surface area contributed by atoms with Crippen molar-refractivity contribution in [2.75, 3.05) is 26.3 Å². The SMILES string of the molecule is CCOc1ccc(CCNC(=O)CN2C(=O)C(=O)N(C3CCCC3)C2=O)cc1OCC. The average Bonchev–Trinajstić information content (AvgIpc) is 3.33. The molecule has 1 aromatic rings. The number of hydrogen-bond donors (Lipinski definition) is 1. The molecule has 1 heterocycles. The van der Waals surface area contributed by atoms with Crippen molar-refractivity contribution in [3.05, 3.63) is 23.8 Å². The Morgan fingerprint density at radius 1 is 1.03 bits per heavy atom. The van der Waals surface area contributed by atoms with Crippen molar-refractivity contribution in [3.63, 3.8) is 0 Å². The van der Waals surface area contributed by atoms with Crippen molar-refractivity contribution >= 4 is 23.8 Å². The summed E-state index contributed by atoms with van der Waals surface area (Å²) in [5.41, 5.74) is 0.947. The summed E-state index contributed by atoms with van der Waals surface area (Å²) in [7, 11) is 0. The van der Waals surface area contributed by atoms with Crippen LogP contribution in [-0.2, 0) is 20.8 Å². The van der Waals surface area contributed by atoms with E-state index in [1.165, 1.54) is 0 Å². The number of benzene rings is 1. The van der Waals surface area contributed by atoms with Gasteiger partial charge in [-0.05, 0) is 50.8 Å². The number of nitrogens with zero attached hydrogens (tertiary/aromatic N) is 2. The quantitative estimate of drug-likeness (QED) is 0.448. The predicted molar refractivity (Wildman–Crippen MR) is 112 cm³/mol. The van der Waals surface area contributed by atoms with Crippen LogP contribution in [0.2, 0.25) is 0 Å². The lowest BCUT2D eigenvalue weighted by Gasteiger charge is -2.20. The van der Waals surface area contributed by atoms with E-state index < -0.39 is 30.3 Å². The third kappa shape index (κ3) is 5.15. The Labute approximate surface area is 181 Å². The van der Waals surface area contributed by atoms with Crippen LogP contribution in [0.3, 0.4) is 0 Å². The summed E-state index contributed by atoms with van der Waals surface area (Å²) in [6, 6.07) is 4.66. The van der Waals surface area contributed by atoms with Gasteiger partial charge in [-0.15, -0.1) is 0 Å². The Bertz CT molecular complexity index is 850. The first-order valence-corrected chi connectivity index (χ1v) is 10.8. The molecule has 0 spiro atoms. The number of urea groups is 1. The van der Waals surface area contributed by atoms with Crippen LogP contribution in [0.4, 0.5) is 4.79 Å². The summed E-state index contributed by atoms with van der Waals surface area (Å²) in [4.78, 5) is 51.0. The summed E-state index contributed by atoms with van der Waals surface area (Å²) in [6.07, 6.45) is 3.79.